The number of nitrogens with zero attached hydrogens (tertiary/aromatic N) is 1. The summed E-state index contributed by atoms with van der Waals surface area (Å²) in [4.78, 5) is 11.9. The van der Waals surface area contributed by atoms with Gasteiger partial charge in [0.2, 0.25) is 0 Å². The largest absolute Gasteiger partial charge is 0.305 e. The maximum atomic E-state index is 13.5. The number of carbonyl (C=O) groups is 1. The quantitative estimate of drug-likeness (QED) is 0.835. The van der Waals surface area contributed by atoms with Gasteiger partial charge in [-0.25, -0.2) is 13.2 Å². The highest BCUT2D eigenvalue weighted by Crippen LogP contribution is 2.22. The van der Waals surface area contributed by atoms with Crippen LogP contribution in [0.2, 0.25) is 0 Å². The molecule has 21 heavy (non-hydrogen) atoms. The Morgan fingerprint density at radius 2 is 1.86 bits per heavy atom. The monoisotopic (exact) mass is 297 g/mol. The first kappa shape index (κ1) is 15.1. The molecule has 2 N–H and O–H groups in total. The molecule has 0 aliphatic rings. The van der Waals surface area contributed by atoms with Gasteiger partial charge in [-0.15, -0.1) is 0 Å². The molecule has 0 fully saturated rings. The lowest BCUT2D eigenvalue weighted by atomic mass is 9.92. The van der Waals surface area contributed by atoms with E-state index >= 15 is 0 Å². The summed E-state index contributed by atoms with van der Waals surface area (Å²) in [6.45, 7) is 5.84. The third kappa shape index (κ3) is 3.07. The summed E-state index contributed by atoms with van der Waals surface area (Å²) in [5.74, 6) is -5.29. The van der Waals surface area contributed by atoms with Crippen LogP contribution in [0.25, 0.3) is 0 Å². The molecule has 0 saturated heterocycles. The fraction of sp³-hybridized carbons (Fsp3) is 0.286. The number of hydrogen-bond donors (Lipinski definition) is 2. The zero-order valence-corrected chi connectivity index (χ0v) is 11.7. The van der Waals surface area contributed by atoms with E-state index in [4.69, 9.17) is 0 Å². The average Bonchev–Trinajstić information content (AvgIpc) is 2.84. The molecule has 7 heteroatoms. The van der Waals surface area contributed by atoms with Crippen molar-refractivity contribution in [3.63, 3.8) is 0 Å². The van der Waals surface area contributed by atoms with Crippen molar-refractivity contribution in [2.45, 2.75) is 26.2 Å². The van der Waals surface area contributed by atoms with Crippen LogP contribution in [0.5, 0.6) is 0 Å². The molecule has 2 rings (SSSR count). The first-order chi connectivity index (χ1) is 9.70. The van der Waals surface area contributed by atoms with Crippen LogP contribution in [0.4, 0.5) is 19.0 Å². The second kappa shape index (κ2) is 5.23. The molecule has 0 bridgehead atoms. The van der Waals surface area contributed by atoms with Crippen LogP contribution >= 0.6 is 0 Å². The van der Waals surface area contributed by atoms with Crippen LogP contribution in [0, 0.1) is 17.5 Å². The Morgan fingerprint density at radius 1 is 1.19 bits per heavy atom. The minimum Gasteiger partial charge on any atom is -0.305 e. The summed E-state index contributed by atoms with van der Waals surface area (Å²) in [6, 6.07) is 3.16. The summed E-state index contributed by atoms with van der Waals surface area (Å²) in [5.41, 5.74) is -0.0267. The lowest BCUT2D eigenvalue weighted by Crippen LogP contribution is -2.15. The topological polar surface area (TPSA) is 57.8 Å². The number of rotatable bonds is 2. The van der Waals surface area contributed by atoms with Crippen molar-refractivity contribution in [2.75, 3.05) is 5.32 Å². The van der Waals surface area contributed by atoms with Gasteiger partial charge in [0.1, 0.15) is 0 Å². The van der Waals surface area contributed by atoms with Crippen molar-refractivity contribution in [3.05, 3.63) is 46.9 Å². The van der Waals surface area contributed by atoms with Crippen LogP contribution in [0.3, 0.4) is 0 Å². The zero-order chi connectivity index (χ0) is 15.8. The number of benzene rings is 1. The smallest absolute Gasteiger partial charge is 0.259 e. The number of H-pyrrole nitrogens is 1. The molecule has 2 aromatic rings. The number of aromatic amines is 1. The van der Waals surface area contributed by atoms with Crippen LogP contribution in [-0.4, -0.2) is 16.1 Å². The number of carbonyl (C=O) groups excluding carboxylic acids is 1. The number of amides is 1. The van der Waals surface area contributed by atoms with E-state index in [1.54, 1.807) is 6.07 Å². The second-order valence-electron chi connectivity index (χ2n) is 5.59. The lowest BCUT2D eigenvalue weighted by Gasteiger charge is -2.14. The summed E-state index contributed by atoms with van der Waals surface area (Å²) in [7, 11) is 0. The number of nitrogens with one attached hydrogen (secondary N) is 2. The van der Waals surface area contributed by atoms with Gasteiger partial charge in [0.25, 0.3) is 5.91 Å². The highest BCUT2D eigenvalue weighted by molar-refractivity contribution is 6.04. The summed E-state index contributed by atoms with van der Waals surface area (Å²) >= 11 is 0. The molecule has 0 aliphatic heterocycles. The molecule has 1 amide bonds. The summed E-state index contributed by atoms with van der Waals surface area (Å²) < 4.78 is 39.4. The Labute approximate surface area is 119 Å². The molecular formula is C14H14F3N3O. The van der Waals surface area contributed by atoms with Gasteiger partial charge in [-0.3, -0.25) is 9.89 Å². The van der Waals surface area contributed by atoms with E-state index < -0.39 is 28.9 Å². The van der Waals surface area contributed by atoms with Gasteiger partial charge in [0.05, 0.1) is 5.56 Å². The molecular weight excluding hydrogens is 283 g/mol. The molecule has 1 aromatic heterocycles. The Kier molecular flexibility index (Phi) is 3.76. The predicted octanol–water partition coefficient (Wildman–Crippen LogP) is 3.38. The Hall–Kier alpha value is -2.31. The Bertz CT molecular complexity index is 689. The van der Waals surface area contributed by atoms with Crippen molar-refractivity contribution < 1.29 is 18.0 Å². The van der Waals surface area contributed by atoms with E-state index in [1.165, 1.54) is 0 Å². The normalized spacial score (nSPS) is 11.5. The average molecular weight is 297 g/mol. The van der Waals surface area contributed by atoms with Crippen LogP contribution < -0.4 is 5.32 Å². The number of aromatic nitrogens is 2. The summed E-state index contributed by atoms with van der Waals surface area (Å²) in [5, 5.41) is 8.94. The first-order valence-corrected chi connectivity index (χ1v) is 6.21. The predicted molar refractivity (Wildman–Crippen MR) is 71.6 cm³/mol. The fourth-order valence-corrected chi connectivity index (χ4v) is 1.65. The van der Waals surface area contributed by atoms with Crippen molar-refractivity contribution in [1.29, 1.82) is 0 Å². The van der Waals surface area contributed by atoms with Crippen molar-refractivity contribution >= 4 is 11.7 Å². The van der Waals surface area contributed by atoms with Gasteiger partial charge in [-0.2, -0.15) is 5.10 Å². The molecule has 0 spiro atoms. The third-order valence-corrected chi connectivity index (χ3v) is 2.91. The number of anilines is 1. The van der Waals surface area contributed by atoms with Gasteiger partial charge in [-0.05, 0) is 12.1 Å². The molecule has 4 nitrogen and oxygen atoms in total. The van der Waals surface area contributed by atoms with E-state index in [0.717, 1.165) is 11.8 Å². The molecule has 1 aromatic carbocycles. The standard InChI is InChI=1S/C14H14F3N3O/c1-14(2,3)9-6-10(20-19-9)18-13(21)7-4-5-8(15)12(17)11(7)16/h4-6H,1-3H3,(H2,18,19,20,21). The van der Waals surface area contributed by atoms with E-state index in [0.29, 0.717) is 6.07 Å². The van der Waals surface area contributed by atoms with E-state index in [2.05, 4.69) is 15.5 Å². The molecule has 0 aliphatic carbocycles. The van der Waals surface area contributed by atoms with Crippen LogP contribution in [0.15, 0.2) is 18.2 Å². The van der Waals surface area contributed by atoms with Gasteiger partial charge in [-0.1, -0.05) is 20.8 Å². The van der Waals surface area contributed by atoms with E-state index in [-0.39, 0.29) is 11.2 Å². The first-order valence-electron chi connectivity index (χ1n) is 6.21. The minimum atomic E-state index is -1.68. The zero-order valence-electron chi connectivity index (χ0n) is 11.7. The van der Waals surface area contributed by atoms with Crippen molar-refractivity contribution in [3.8, 4) is 0 Å². The third-order valence-electron chi connectivity index (χ3n) is 2.91. The maximum absolute atomic E-state index is 13.5. The minimum absolute atomic E-state index is 0.175. The van der Waals surface area contributed by atoms with Gasteiger partial charge in [0.15, 0.2) is 23.3 Å². The molecule has 0 saturated carbocycles. The van der Waals surface area contributed by atoms with Gasteiger partial charge < -0.3 is 5.32 Å². The van der Waals surface area contributed by atoms with E-state index in [1.807, 2.05) is 20.8 Å². The van der Waals surface area contributed by atoms with Crippen molar-refractivity contribution in [1.82, 2.24) is 10.2 Å². The molecule has 0 radical (unpaired) electrons. The molecule has 1 heterocycles. The maximum Gasteiger partial charge on any atom is 0.259 e. The molecule has 112 valence electrons. The number of hydrogen-bond acceptors (Lipinski definition) is 2. The Balaban J connectivity index is 2.23. The fourth-order valence-electron chi connectivity index (χ4n) is 1.65. The molecule has 0 unspecified atom stereocenters. The van der Waals surface area contributed by atoms with Crippen LogP contribution in [0.1, 0.15) is 36.8 Å². The SMILES string of the molecule is CC(C)(C)c1cc(NC(=O)c2ccc(F)c(F)c2F)n[nH]1. The van der Waals surface area contributed by atoms with Crippen molar-refractivity contribution in [2.24, 2.45) is 0 Å². The molecule has 0 atom stereocenters. The highest BCUT2D eigenvalue weighted by atomic mass is 19.2. The van der Waals surface area contributed by atoms with E-state index in [9.17, 15) is 18.0 Å². The highest BCUT2D eigenvalue weighted by Gasteiger charge is 2.21. The van der Waals surface area contributed by atoms with Gasteiger partial charge in [0, 0.05) is 17.2 Å². The Morgan fingerprint density at radius 3 is 2.43 bits per heavy atom. The summed E-state index contributed by atoms with van der Waals surface area (Å²) in [6.07, 6.45) is 0. The van der Waals surface area contributed by atoms with Gasteiger partial charge >= 0.3 is 0 Å². The van der Waals surface area contributed by atoms with Crippen LogP contribution in [-0.2, 0) is 5.41 Å². The lowest BCUT2D eigenvalue weighted by molar-refractivity contribution is 0.102. The number of halogens is 3. The second-order valence-corrected chi connectivity index (χ2v) is 5.59.